The van der Waals surface area contributed by atoms with E-state index in [1.54, 1.807) is 19.2 Å². The molecular weight excluding hydrogens is 234 g/mol. The van der Waals surface area contributed by atoms with Gasteiger partial charge in [0.1, 0.15) is 0 Å². The van der Waals surface area contributed by atoms with Gasteiger partial charge < -0.3 is 9.52 Å². The van der Waals surface area contributed by atoms with Crippen molar-refractivity contribution in [2.75, 3.05) is 0 Å². The van der Waals surface area contributed by atoms with Crippen molar-refractivity contribution in [1.82, 2.24) is 4.57 Å². The Morgan fingerprint density at radius 1 is 1.50 bits per heavy atom. The Kier molecular flexibility index (Phi) is 3.23. The highest BCUT2D eigenvalue weighted by atomic mass is 16.4. The molecule has 0 spiro atoms. The average molecular weight is 249 g/mol. The maximum Gasteiger partial charge on any atom is 0.419 e. The second-order valence-corrected chi connectivity index (χ2v) is 4.38. The van der Waals surface area contributed by atoms with Gasteiger partial charge >= 0.3 is 11.7 Å². The second kappa shape index (κ2) is 4.68. The van der Waals surface area contributed by atoms with Crippen LogP contribution in [0, 0.1) is 5.92 Å². The Hall–Kier alpha value is -2.04. The first-order chi connectivity index (χ1) is 8.52. The Balaban J connectivity index is 2.36. The van der Waals surface area contributed by atoms with Crippen LogP contribution in [0.3, 0.4) is 0 Å². The number of benzene rings is 1. The number of hydrogen-bond donors (Lipinski definition) is 1. The number of rotatable bonds is 4. The van der Waals surface area contributed by atoms with Gasteiger partial charge in [0, 0.05) is 7.05 Å². The van der Waals surface area contributed by atoms with Crippen molar-refractivity contribution < 1.29 is 14.3 Å². The number of hydrogen-bond acceptors (Lipinski definition) is 3. The molecule has 2 aromatic rings. The van der Waals surface area contributed by atoms with Crippen molar-refractivity contribution in [2.24, 2.45) is 13.0 Å². The Bertz CT molecular complexity index is 638. The van der Waals surface area contributed by atoms with E-state index in [2.05, 4.69) is 0 Å². The van der Waals surface area contributed by atoms with Crippen molar-refractivity contribution in [3.8, 4) is 0 Å². The summed E-state index contributed by atoms with van der Waals surface area (Å²) in [5.74, 6) is -1.61. The van der Waals surface area contributed by atoms with E-state index in [1.807, 2.05) is 13.0 Å². The summed E-state index contributed by atoms with van der Waals surface area (Å²) in [7, 11) is 1.64. The second-order valence-electron chi connectivity index (χ2n) is 4.38. The minimum Gasteiger partial charge on any atom is -0.481 e. The summed E-state index contributed by atoms with van der Waals surface area (Å²) in [4.78, 5) is 22.3. The van der Waals surface area contributed by atoms with Crippen LogP contribution >= 0.6 is 0 Å². The molecule has 0 saturated heterocycles. The van der Waals surface area contributed by atoms with Gasteiger partial charge in [-0.3, -0.25) is 9.36 Å². The van der Waals surface area contributed by atoms with E-state index < -0.39 is 17.6 Å². The van der Waals surface area contributed by atoms with Crippen molar-refractivity contribution in [3.05, 3.63) is 34.3 Å². The van der Waals surface area contributed by atoms with Crippen LogP contribution in [0.25, 0.3) is 11.1 Å². The van der Waals surface area contributed by atoms with Crippen LogP contribution in [-0.2, 0) is 18.3 Å². The van der Waals surface area contributed by atoms with Gasteiger partial charge in [0.15, 0.2) is 5.58 Å². The van der Waals surface area contributed by atoms with Crippen LogP contribution < -0.4 is 5.76 Å². The summed E-state index contributed by atoms with van der Waals surface area (Å²) in [6.07, 6.45) is 1.02. The molecule has 0 bridgehead atoms. The molecule has 1 heterocycles. The molecule has 0 saturated carbocycles. The Morgan fingerprint density at radius 2 is 2.22 bits per heavy atom. The van der Waals surface area contributed by atoms with Gasteiger partial charge in [0.2, 0.25) is 0 Å². The molecular formula is C13H15NO4. The predicted octanol–water partition coefficient (Wildman–Crippen LogP) is 1.78. The number of carbonyl (C=O) groups is 1. The topological polar surface area (TPSA) is 72.4 Å². The number of aliphatic carboxylic acids is 1. The molecule has 1 unspecified atom stereocenters. The number of aromatic nitrogens is 1. The van der Waals surface area contributed by atoms with Crippen LogP contribution in [0.15, 0.2) is 27.4 Å². The van der Waals surface area contributed by atoms with Crippen molar-refractivity contribution in [3.63, 3.8) is 0 Å². The molecule has 1 N–H and O–H groups in total. The first-order valence-corrected chi connectivity index (χ1v) is 5.84. The van der Waals surface area contributed by atoms with Crippen LogP contribution in [0.5, 0.6) is 0 Å². The van der Waals surface area contributed by atoms with Crippen LogP contribution in [0.2, 0.25) is 0 Å². The summed E-state index contributed by atoms with van der Waals surface area (Å²) >= 11 is 0. The fourth-order valence-electron chi connectivity index (χ4n) is 2.00. The van der Waals surface area contributed by atoms with E-state index >= 15 is 0 Å². The third-order valence-electron chi connectivity index (χ3n) is 3.18. The molecule has 0 fully saturated rings. The maximum atomic E-state index is 11.3. The van der Waals surface area contributed by atoms with Crippen LogP contribution in [0.1, 0.15) is 18.9 Å². The highest BCUT2D eigenvalue weighted by molar-refractivity contribution is 5.74. The van der Waals surface area contributed by atoms with Crippen LogP contribution in [-0.4, -0.2) is 15.6 Å². The van der Waals surface area contributed by atoms with Gasteiger partial charge in [-0.25, -0.2) is 4.79 Å². The highest BCUT2D eigenvalue weighted by Gasteiger charge is 2.16. The minimum atomic E-state index is -0.799. The average Bonchev–Trinajstić information content (AvgIpc) is 2.61. The molecule has 0 aliphatic carbocycles. The quantitative estimate of drug-likeness (QED) is 0.896. The van der Waals surface area contributed by atoms with E-state index in [4.69, 9.17) is 9.52 Å². The molecule has 1 atom stereocenters. The SMILES string of the molecule is CCC(Cc1ccc2c(c1)oc(=O)n2C)C(=O)O. The lowest BCUT2D eigenvalue weighted by Crippen LogP contribution is -2.15. The predicted molar refractivity (Wildman–Crippen MR) is 66.6 cm³/mol. The van der Waals surface area contributed by atoms with Crippen molar-refractivity contribution >= 4 is 17.1 Å². The molecule has 5 nitrogen and oxygen atoms in total. The van der Waals surface area contributed by atoms with Gasteiger partial charge in [-0.1, -0.05) is 13.0 Å². The van der Waals surface area contributed by atoms with Gasteiger partial charge in [-0.2, -0.15) is 0 Å². The fourth-order valence-corrected chi connectivity index (χ4v) is 2.00. The van der Waals surface area contributed by atoms with Gasteiger partial charge in [-0.05, 0) is 30.5 Å². The lowest BCUT2D eigenvalue weighted by atomic mass is 9.97. The summed E-state index contributed by atoms with van der Waals surface area (Å²) in [5, 5.41) is 9.02. The summed E-state index contributed by atoms with van der Waals surface area (Å²) in [6, 6.07) is 5.36. The van der Waals surface area contributed by atoms with E-state index in [1.165, 1.54) is 4.57 Å². The molecule has 1 aromatic carbocycles. The van der Waals surface area contributed by atoms with Crippen molar-refractivity contribution in [2.45, 2.75) is 19.8 Å². The monoisotopic (exact) mass is 249 g/mol. The van der Waals surface area contributed by atoms with E-state index in [-0.39, 0.29) is 0 Å². The Morgan fingerprint density at radius 3 is 2.83 bits per heavy atom. The first-order valence-electron chi connectivity index (χ1n) is 5.84. The molecule has 18 heavy (non-hydrogen) atoms. The number of oxazole rings is 1. The standard InChI is InChI=1S/C13H15NO4/c1-3-9(12(15)16)6-8-4-5-10-11(7-8)18-13(17)14(10)2/h4-5,7,9H,3,6H2,1-2H3,(H,15,16). The van der Waals surface area contributed by atoms with Gasteiger partial charge in [-0.15, -0.1) is 0 Å². The lowest BCUT2D eigenvalue weighted by molar-refractivity contribution is -0.141. The summed E-state index contributed by atoms with van der Waals surface area (Å²) in [6.45, 7) is 1.85. The number of aryl methyl sites for hydroxylation is 1. The van der Waals surface area contributed by atoms with Crippen molar-refractivity contribution in [1.29, 1.82) is 0 Å². The van der Waals surface area contributed by atoms with Crippen LogP contribution in [0.4, 0.5) is 0 Å². The summed E-state index contributed by atoms with van der Waals surface area (Å²) in [5.41, 5.74) is 2.08. The number of carboxylic acid groups (broad SMARTS) is 1. The number of nitrogens with zero attached hydrogens (tertiary/aromatic N) is 1. The molecule has 2 rings (SSSR count). The summed E-state index contributed by atoms with van der Waals surface area (Å²) < 4.78 is 6.50. The molecule has 5 heteroatoms. The third-order valence-corrected chi connectivity index (χ3v) is 3.18. The molecule has 0 radical (unpaired) electrons. The third kappa shape index (κ3) is 2.16. The smallest absolute Gasteiger partial charge is 0.419 e. The number of carboxylic acids is 1. The molecule has 0 aliphatic rings. The number of fused-ring (bicyclic) bond motifs is 1. The zero-order valence-electron chi connectivity index (χ0n) is 10.3. The first kappa shape index (κ1) is 12.4. The van der Waals surface area contributed by atoms with E-state index in [0.717, 1.165) is 5.56 Å². The van der Waals surface area contributed by atoms with Gasteiger partial charge in [0.05, 0.1) is 11.4 Å². The fraction of sp³-hybridized carbons (Fsp3) is 0.385. The molecule has 0 aliphatic heterocycles. The lowest BCUT2D eigenvalue weighted by Gasteiger charge is -2.09. The minimum absolute atomic E-state index is 0.405. The van der Waals surface area contributed by atoms with Gasteiger partial charge in [0.25, 0.3) is 0 Å². The molecule has 1 aromatic heterocycles. The normalized spacial score (nSPS) is 12.8. The zero-order valence-corrected chi connectivity index (χ0v) is 10.3. The zero-order chi connectivity index (χ0) is 13.3. The largest absolute Gasteiger partial charge is 0.481 e. The van der Waals surface area contributed by atoms with E-state index in [9.17, 15) is 9.59 Å². The Labute approximate surface area is 104 Å². The van der Waals surface area contributed by atoms with E-state index in [0.29, 0.717) is 23.9 Å². The highest BCUT2D eigenvalue weighted by Crippen LogP contribution is 2.18. The molecule has 0 amide bonds. The maximum absolute atomic E-state index is 11.3. The molecule has 96 valence electrons.